The van der Waals surface area contributed by atoms with Crippen molar-refractivity contribution in [2.75, 3.05) is 33.2 Å². The van der Waals surface area contributed by atoms with Gasteiger partial charge in [-0.15, -0.1) is 10.2 Å². The van der Waals surface area contributed by atoms with Gasteiger partial charge in [-0.05, 0) is 6.92 Å². The molecule has 1 aromatic heterocycles. The second kappa shape index (κ2) is 7.16. The number of aryl methyl sites for hydroxylation is 1. The van der Waals surface area contributed by atoms with E-state index >= 15 is 0 Å². The van der Waals surface area contributed by atoms with E-state index in [1.165, 1.54) is 11.8 Å². The molecule has 10 heteroatoms. The van der Waals surface area contributed by atoms with Crippen LogP contribution in [0.3, 0.4) is 0 Å². The minimum Gasteiger partial charge on any atom is -0.349 e. The summed E-state index contributed by atoms with van der Waals surface area (Å²) >= 11 is 0. The first-order chi connectivity index (χ1) is 10.8. The molecule has 1 unspecified atom stereocenters. The van der Waals surface area contributed by atoms with Gasteiger partial charge in [0.1, 0.15) is 12.4 Å². The molecule has 1 aliphatic heterocycles. The normalized spacial score (nSPS) is 19.0. The number of aliphatic imine (C=N–C) groups is 1. The van der Waals surface area contributed by atoms with Gasteiger partial charge in [0.2, 0.25) is 0 Å². The lowest BCUT2D eigenvalue weighted by Gasteiger charge is -2.39. The Balaban J connectivity index is 1.86. The van der Waals surface area contributed by atoms with Gasteiger partial charge in [-0.25, -0.2) is 0 Å². The topological polar surface area (TPSA) is 61.6 Å². The third kappa shape index (κ3) is 4.34. The quantitative estimate of drug-likeness (QED) is 0.643. The average Bonchev–Trinajstić information content (AvgIpc) is 2.92. The zero-order valence-corrected chi connectivity index (χ0v) is 13.5. The highest BCUT2D eigenvalue weighted by Gasteiger charge is 2.41. The van der Waals surface area contributed by atoms with Crippen molar-refractivity contribution in [2.45, 2.75) is 25.7 Å². The standard InChI is InChI=1S/C13H22F3N7/c1-10(13(14,15)16)22-4-6-23(7-5-22)12(17-2)18-8-11-20-19-9-21(11)3/h9-10H,4-8H2,1-3H3,(H,17,18). The zero-order chi connectivity index (χ0) is 17.0. The molecule has 0 bridgehead atoms. The highest BCUT2D eigenvalue weighted by atomic mass is 19.4. The fraction of sp³-hybridized carbons (Fsp3) is 0.769. The van der Waals surface area contributed by atoms with Crippen LogP contribution in [-0.4, -0.2) is 76.0 Å². The Bertz CT molecular complexity index is 532. The summed E-state index contributed by atoms with van der Waals surface area (Å²) < 4.78 is 40.1. The number of rotatable bonds is 3. The highest BCUT2D eigenvalue weighted by molar-refractivity contribution is 5.79. The molecule has 0 aliphatic carbocycles. The van der Waals surface area contributed by atoms with E-state index in [0.29, 0.717) is 38.7 Å². The number of piperazine rings is 1. The first kappa shape index (κ1) is 17.5. The predicted molar refractivity (Wildman–Crippen MR) is 79.9 cm³/mol. The third-order valence-corrected chi connectivity index (χ3v) is 4.06. The molecule has 23 heavy (non-hydrogen) atoms. The van der Waals surface area contributed by atoms with Crippen LogP contribution in [0.25, 0.3) is 0 Å². The van der Waals surface area contributed by atoms with Gasteiger partial charge < -0.3 is 14.8 Å². The predicted octanol–water partition coefficient (Wildman–Crippen LogP) is 0.459. The zero-order valence-electron chi connectivity index (χ0n) is 13.5. The van der Waals surface area contributed by atoms with Crippen LogP contribution in [0, 0.1) is 0 Å². The second-order valence-electron chi connectivity index (χ2n) is 5.50. The van der Waals surface area contributed by atoms with E-state index in [-0.39, 0.29) is 0 Å². The molecule has 1 aromatic rings. The fourth-order valence-corrected chi connectivity index (χ4v) is 2.49. The molecule has 2 rings (SSSR count). The molecule has 0 amide bonds. The highest BCUT2D eigenvalue weighted by Crippen LogP contribution is 2.25. The number of nitrogens with one attached hydrogen (secondary N) is 1. The van der Waals surface area contributed by atoms with Gasteiger partial charge >= 0.3 is 6.18 Å². The maximum atomic E-state index is 12.8. The Morgan fingerprint density at radius 3 is 2.48 bits per heavy atom. The lowest BCUT2D eigenvalue weighted by Crippen LogP contribution is -2.56. The van der Waals surface area contributed by atoms with Crippen LogP contribution < -0.4 is 5.32 Å². The maximum absolute atomic E-state index is 12.8. The van der Waals surface area contributed by atoms with Gasteiger partial charge in [-0.3, -0.25) is 9.89 Å². The van der Waals surface area contributed by atoms with Gasteiger partial charge in [0.25, 0.3) is 0 Å². The van der Waals surface area contributed by atoms with Crippen LogP contribution in [0.5, 0.6) is 0 Å². The minimum atomic E-state index is -4.19. The van der Waals surface area contributed by atoms with Gasteiger partial charge in [-0.2, -0.15) is 13.2 Å². The molecule has 0 aromatic carbocycles. The lowest BCUT2D eigenvalue weighted by molar-refractivity contribution is -0.181. The monoisotopic (exact) mass is 333 g/mol. The number of hydrogen-bond acceptors (Lipinski definition) is 4. The van der Waals surface area contributed by atoms with Crippen molar-refractivity contribution in [3.63, 3.8) is 0 Å². The lowest BCUT2D eigenvalue weighted by atomic mass is 10.2. The van der Waals surface area contributed by atoms with E-state index in [2.05, 4.69) is 20.5 Å². The first-order valence-electron chi connectivity index (χ1n) is 7.42. The molecule has 1 N–H and O–H groups in total. The van der Waals surface area contributed by atoms with E-state index in [1.54, 1.807) is 17.9 Å². The molecule has 1 saturated heterocycles. The summed E-state index contributed by atoms with van der Waals surface area (Å²) in [4.78, 5) is 7.60. The average molecular weight is 333 g/mol. The summed E-state index contributed by atoms with van der Waals surface area (Å²) in [5.74, 6) is 1.42. The number of hydrogen-bond donors (Lipinski definition) is 1. The SMILES string of the molecule is CN=C(NCc1nncn1C)N1CCN(C(C)C(F)(F)F)CC1. The summed E-state index contributed by atoms with van der Waals surface area (Å²) in [5, 5.41) is 10.9. The molecular weight excluding hydrogens is 311 g/mol. The number of halogens is 3. The van der Waals surface area contributed by atoms with Crippen molar-refractivity contribution in [3.8, 4) is 0 Å². The molecule has 1 fully saturated rings. The second-order valence-corrected chi connectivity index (χ2v) is 5.50. The van der Waals surface area contributed by atoms with Gasteiger partial charge in [0.05, 0.1) is 6.54 Å². The van der Waals surface area contributed by atoms with Crippen molar-refractivity contribution in [1.29, 1.82) is 0 Å². The Morgan fingerprint density at radius 2 is 2.00 bits per heavy atom. The van der Waals surface area contributed by atoms with Crippen LogP contribution in [0.2, 0.25) is 0 Å². The van der Waals surface area contributed by atoms with Gasteiger partial charge in [0, 0.05) is 40.3 Å². The van der Waals surface area contributed by atoms with Crippen LogP contribution in [0.15, 0.2) is 11.3 Å². The van der Waals surface area contributed by atoms with Crippen molar-refractivity contribution < 1.29 is 13.2 Å². The molecule has 0 radical (unpaired) electrons. The number of guanidine groups is 1. The Morgan fingerprint density at radius 1 is 1.35 bits per heavy atom. The molecule has 1 atom stereocenters. The van der Waals surface area contributed by atoms with Gasteiger partial charge in [0.15, 0.2) is 11.8 Å². The fourth-order valence-electron chi connectivity index (χ4n) is 2.49. The van der Waals surface area contributed by atoms with Crippen LogP contribution in [-0.2, 0) is 13.6 Å². The third-order valence-electron chi connectivity index (χ3n) is 4.06. The van der Waals surface area contributed by atoms with E-state index in [1.807, 2.05) is 11.9 Å². The molecule has 0 spiro atoms. The van der Waals surface area contributed by atoms with Crippen molar-refractivity contribution in [2.24, 2.45) is 12.0 Å². The van der Waals surface area contributed by atoms with E-state index in [9.17, 15) is 13.2 Å². The van der Waals surface area contributed by atoms with E-state index < -0.39 is 12.2 Å². The number of alkyl halides is 3. The van der Waals surface area contributed by atoms with Crippen LogP contribution >= 0.6 is 0 Å². The maximum Gasteiger partial charge on any atom is 0.403 e. The number of nitrogens with zero attached hydrogens (tertiary/aromatic N) is 6. The Hall–Kier alpha value is -1.84. The summed E-state index contributed by atoms with van der Waals surface area (Å²) in [6.45, 7) is 3.37. The summed E-state index contributed by atoms with van der Waals surface area (Å²) in [6, 6.07) is -1.42. The summed E-state index contributed by atoms with van der Waals surface area (Å²) in [6.07, 6.45) is -2.58. The molecule has 1 aliphatic rings. The molecule has 0 saturated carbocycles. The molecule has 2 heterocycles. The molecule has 7 nitrogen and oxygen atoms in total. The number of aromatic nitrogens is 3. The smallest absolute Gasteiger partial charge is 0.349 e. The van der Waals surface area contributed by atoms with Crippen LogP contribution in [0.1, 0.15) is 12.7 Å². The van der Waals surface area contributed by atoms with E-state index in [4.69, 9.17) is 0 Å². The van der Waals surface area contributed by atoms with Crippen molar-refractivity contribution in [3.05, 3.63) is 12.2 Å². The molecular formula is C13H22F3N7. The van der Waals surface area contributed by atoms with Gasteiger partial charge in [-0.1, -0.05) is 0 Å². The van der Waals surface area contributed by atoms with Crippen molar-refractivity contribution >= 4 is 5.96 Å². The summed E-state index contributed by atoms with van der Waals surface area (Å²) in [7, 11) is 3.50. The van der Waals surface area contributed by atoms with E-state index in [0.717, 1.165) is 5.82 Å². The van der Waals surface area contributed by atoms with Crippen LogP contribution in [0.4, 0.5) is 13.2 Å². The Kier molecular flexibility index (Phi) is 5.45. The first-order valence-corrected chi connectivity index (χ1v) is 7.42. The minimum absolute atomic E-state index is 0.353. The van der Waals surface area contributed by atoms with Crippen molar-refractivity contribution in [1.82, 2.24) is 29.9 Å². The molecule has 130 valence electrons. The largest absolute Gasteiger partial charge is 0.403 e. The Labute approximate surface area is 133 Å². The summed E-state index contributed by atoms with van der Waals surface area (Å²) in [5.41, 5.74) is 0.